The molecule has 1 heterocycles. The van der Waals surface area contributed by atoms with Crippen LogP contribution in [0.5, 0.6) is 0 Å². The largest absolute Gasteiger partial charge is 0.340 e. The van der Waals surface area contributed by atoms with Gasteiger partial charge in [0.2, 0.25) is 0 Å². The van der Waals surface area contributed by atoms with Crippen molar-refractivity contribution in [2.45, 2.75) is 52.9 Å². The van der Waals surface area contributed by atoms with Crippen LogP contribution < -0.4 is 9.62 Å². The van der Waals surface area contributed by atoms with Crippen molar-refractivity contribution < 1.29 is 0 Å². The Morgan fingerprint density at radius 3 is 1.90 bits per heavy atom. The van der Waals surface area contributed by atoms with Crippen molar-refractivity contribution in [3.8, 4) is 0 Å². The van der Waals surface area contributed by atoms with Crippen LogP contribution in [0.15, 0.2) is 48.7 Å². The van der Waals surface area contributed by atoms with E-state index in [1.807, 2.05) is 19.1 Å². The predicted molar refractivity (Wildman–Crippen MR) is 133 cm³/mol. The number of hydrogen-bond acceptors (Lipinski definition) is 3. The van der Waals surface area contributed by atoms with Crippen molar-refractivity contribution in [1.29, 1.82) is 0 Å². The first-order chi connectivity index (χ1) is 13.7. The first-order valence-corrected chi connectivity index (χ1v) is 11.9. The average molecular weight is 452 g/mol. The fraction of sp³-hybridized carbons (Fsp3) is 0.417. The van der Waals surface area contributed by atoms with E-state index in [9.17, 15) is 0 Å². The van der Waals surface area contributed by atoms with Gasteiger partial charge in [0.1, 0.15) is 0 Å². The van der Waals surface area contributed by atoms with Crippen molar-refractivity contribution in [2.75, 3.05) is 17.2 Å². The molecular formula is C24H32Cl2N2S. The standard InChI is InChI=1S/C20H22Cl2N2S.C4H10/c1-13(2)23-25-10-9-24-18-7-5-14(21)11-16(18)20(3,4)17-12-15(22)6-8-19(17)24;1-3-4-2/h5-8,11-12,23H,1,9-10H2,2-4H3;3-4H2,1-2H3. The third-order valence-electron chi connectivity index (χ3n) is 5.01. The molecule has 1 aliphatic rings. The summed E-state index contributed by atoms with van der Waals surface area (Å²) in [4.78, 5) is 2.36. The first kappa shape index (κ1) is 24.0. The molecule has 0 aromatic heterocycles. The van der Waals surface area contributed by atoms with Crippen LogP contribution in [-0.4, -0.2) is 12.3 Å². The van der Waals surface area contributed by atoms with Crippen molar-refractivity contribution in [2.24, 2.45) is 0 Å². The molecule has 2 aromatic rings. The van der Waals surface area contributed by atoms with Crippen LogP contribution in [0.3, 0.4) is 0 Å². The number of benzene rings is 2. The van der Waals surface area contributed by atoms with Crippen LogP contribution in [0.25, 0.3) is 0 Å². The second kappa shape index (κ2) is 10.7. The lowest BCUT2D eigenvalue weighted by Gasteiger charge is -2.42. The van der Waals surface area contributed by atoms with Gasteiger partial charge in [0, 0.05) is 44.8 Å². The molecule has 0 aliphatic carbocycles. The third kappa shape index (κ3) is 5.87. The van der Waals surface area contributed by atoms with Gasteiger partial charge in [-0.2, -0.15) is 0 Å². The van der Waals surface area contributed by atoms with Gasteiger partial charge in [0.15, 0.2) is 0 Å². The van der Waals surface area contributed by atoms with Crippen molar-refractivity contribution >= 4 is 46.5 Å². The molecular weight excluding hydrogens is 419 g/mol. The maximum absolute atomic E-state index is 6.30. The fourth-order valence-electron chi connectivity index (χ4n) is 3.32. The molecule has 0 atom stereocenters. The summed E-state index contributed by atoms with van der Waals surface area (Å²) in [5, 5.41) is 1.52. The summed E-state index contributed by atoms with van der Waals surface area (Å²) >= 11 is 14.3. The van der Waals surface area contributed by atoms with E-state index in [4.69, 9.17) is 23.2 Å². The number of nitrogens with zero attached hydrogens (tertiary/aromatic N) is 1. The zero-order valence-corrected chi connectivity index (χ0v) is 20.4. The molecule has 2 aromatic carbocycles. The normalized spacial score (nSPS) is 13.7. The van der Waals surface area contributed by atoms with Crippen LogP contribution in [0.1, 0.15) is 58.6 Å². The number of hydrogen-bond donors (Lipinski definition) is 1. The molecule has 0 saturated heterocycles. The zero-order chi connectivity index (χ0) is 21.6. The van der Waals surface area contributed by atoms with Crippen LogP contribution in [-0.2, 0) is 5.41 Å². The molecule has 3 rings (SSSR count). The van der Waals surface area contributed by atoms with E-state index in [1.54, 1.807) is 11.9 Å². The summed E-state index contributed by atoms with van der Waals surface area (Å²) in [5.41, 5.74) is 5.68. The summed E-state index contributed by atoms with van der Waals surface area (Å²) in [5.74, 6) is 0.928. The minimum atomic E-state index is -0.153. The first-order valence-electron chi connectivity index (χ1n) is 10.1. The summed E-state index contributed by atoms with van der Waals surface area (Å²) in [7, 11) is 0. The van der Waals surface area contributed by atoms with Crippen molar-refractivity contribution in [3.63, 3.8) is 0 Å². The van der Waals surface area contributed by atoms with Gasteiger partial charge in [-0.1, -0.05) is 82.3 Å². The van der Waals surface area contributed by atoms with E-state index in [0.717, 1.165) is 28.0 Å². The lowest BCUT2D eigenvalue weighted by molar-refractivity contribution is 0.626. The Balaban J connectivity index is 0.000000687. The lowest BCUT2D eigenvalue weighted by Crippen LogP contribution is -2.34. The topological polar surface area (TPSA) is 15.3 Å². The predicted octanol–water partition coefficient (Wildman–Crippen LogP) is 8.35. The Morgan fingerprint density at radius 1 is 1.00 bits per heavy atom. The van der Waals surface area contributed by atoms with Gasteiger partial charge >= 0.3 is 0 Å². The molecule has 5 heteroatoms. The van der Waals surface area contributed by atoms with E-state index < -0.39 is 0 Å². The number of halogens is 2. The van der Waals surface area contributed by atoms with Crippen molar-refractivity contribution in [3.05, 3.63) is 69.8 Å². The molecule has 0 radical (unpaired) electrons. The van der Waals surface area contributed by atoms with Crippen LogP contribution in [0.2, 0.25) is 10.0 Å². The van der Waals surface area contributed by atoms with Gasteiger partial charge in [0.25, 0.3) is 0 Å². The van der Waals surface area contributed by atoms with E-state index in [2.05, 4.69) is 68.2 Å². The number of rotatable bonds is 6. The molecule has 0 spiro atoms. The molecule has 0 amide bonds. The van der Waals surface area contributed by atoms with Crippen LogP contribution >= 0.6 is 35.1 Å². The Morgan fingerprint density at radius 2 is 1.48 bits per heavy atom. The Kier molecular flexibility index (Phi) is 8.81. The number of unbranched alkanes of at least 4 members (excludes halogenated alkanes) is 1. The highest BCUT2D eigenvalue weighted by molar-refractivity contribution is 7.97. The summed E-state index contributed by atoms with van der Waals surface area (Å²) in [6.45, 7) is 15.5. The highest BCUT2D eigenvalue weighted by Crippen LogP contribution is 2.50. The molecule has 0 saturated carbocycles. The molecule has 1 aliphatic heterocycles. The van der Waals surface area contributed by atoms with Gasteiger partial charge < -0.3 is 9.62 Å². The number of nitrogens with one attached hydrogen (secondary N) is 1. The van der Waals surface area contributed by atoms with Gasteiger partial charge in [-0.15, -0.1) is 0 Å². The van der Waals surface area contributed by atoms with E-state index >= 15 is 0 Å². The number of fused-ring (bicyclic) bond motifs is 2. The molecule has 0 fully saturated rings. The maximum atomic E-state index is 6.30. The van der Waals surface area contributed by atoms with E-state index in [1.165, 1.54) is 35.3 Å². The minimum Gasteiger partial charge on any atom is -0.340 e. The minimum absolute atomic E-state index is 0.153. The Bertz CT molecular complexity index is 791. The van der Waals surface area contributed by atoms with E-state index in [-0.39, 0.29) is 5.41 Å². The van der Waals surface area contributed by atoms with E-state index in [0.29, 0.717) is 0 Å². The number of allylic oxidation sites excluding steroid dienone is 1. The van der Waals surface area contributed by atoms with Gasteiger partial charge in [-0.25, -0.2) is 0 Å². The molecule has 1 N–H and O–H groups in total. The van der Waals surface area contributed by atoms with Crippen LogP contribution in [0, 0.1) is 0 Å². The molecule has 29 heavy (non-hydrogen) atoms. The quantitative estimate of drug-likeness (QED) is 0.351. The van der Waals surface area contributed by atoms with Gasteiger partial charge in [0.05, 0.1) is 0 Å². The molecule has 0 unspecified atom stereocenters. The molecule has 158 valence electrons. The van der Waals surface area contributed by atoms with Crippen LogP contribution in [0.4, 0.5) is 11.4 Å². The number of anilines is 2. The highest BCUT2D eigenvalue weighted by Gasteiger charge is 2.36. The maximum Gasteiger partial charge on any atom is 0.0453 e. The Labute approximate surface area is 190 Å². The molecule has 2 nitrogen and oxygen atoms in total. The van der Waals surface area contributed by atoms with Gasteiger partial charge in [-0.3, -0.25) is 0 Å². The second-order valence-electron chi connectivity index (χ2n) is 7.83. The van der Waals surface area contributed by atoms with Crippen molar-refractivity contribution in [1.82, 2.24) is 4.72 Å². The summed E-state index contributed by atoms with van der Waals surface area (Å²) in [6, 6.07) is 12.3. The average Bonchev–Trinajstić information content (AvgIpc) is 2.68. The monoisotopic (exact) mass is 450 g/mol. The SMILES string of the molecule is C=C(C)NSCCN1c2ccc(Cl)cc2C(C)(C)c2cc(Cl)ccc21.CCCC. The zero-order valence-electron chi connectivity index (χ0n) is 18.1. The summed E-state index contributed by atoms with van der Waals surface area (Å²) in [6.07, 6.45) is 2.64. The van der Waals surface area contributed by atoms with Gasteiger partial charge in [-0.05, 0) is 54.4 Å². The smallest absolute Gasteiger partial charge is 0.0453 e. The molecule has 0 bridgehead atoms. The second-order valence-corrected chi connectivity index (χ2v) is 9.60. The Hall–Kier alpha value is -1.29. The lowest BCUT2D eigenvalue weighted by atomic mass is 9.73. The third-order valence-corrected chi connectivity index (χ3v) is 6.36. The fourth-order valence-corrected chi connectivity index (χ4v) is 4.28. The highest BCUT2D eigenvalue weighted by atomic mass is 35.5. The summed E-state index contributed by atoms with van der Waals surface area (Å²) < 4.78 is 3.22.